The third-order valence-electron chi connectivity index (χ3n) is 3.94. The molecular formula is C16H28O6. The van der Waals surface area contributed by atoms with Gasteiger partial charge in [-0.2, -0.15) is 0 Å². The van der Waals surface area contributed by atoms with Crippen LogP contribution in [0.3, 0.4) is 0 Å². The van der Waals surface area contributed by atoms with Gasteiger partial charge in [-0.1, -0.05) is 0 Å². The number of hydrogen-bond donors (Lipinski definition) is 2. The number of carbonyl (C=O) groups is 2. The van der Waals surface area contributed by atoms with Crippen LogP contribution in [-0.2, 0) is 19.1 Å². The Bertz CT molecular complexity index is 394. The van der Waals surface area contributed by atoms with Crippen molar-refractivity contribution < 1.29 is 29.3 Å². The van der Waals surface area contributed by atoms with Gasteiger partial charge < -0.3 is 19.7 Å². The first-order valence-corrected chi connectivity index (χ1v) is 7.24. The number of hydrogen-bond acceptors (Lipinski definition) is 4. The molecule has 0 atom stereocenters. The standard InChI is InChI=1S/C16H28O6/c1-15(2,21-5)9-7-11(13(17)18)12(14(19)20)8-10-16(3,4)22-6/h7-10H2,1-6H3,(H,17,18)(H,19,20). The van der Waals surface area contributed by atoms with E-state index in [-0.39, 0.29) is 24.0 Å². The van der Waals surface area contributed by atoms with Crippen molar-refractivity contribution >= 4 is 11.9 Å². The average molecular weight is 316 g/mol. The van der Waals surface area contributed by atoms with Gasteiger partial charge in [-0.25, -0.2) is 9.59 Å². The molecule has 0 amide bonds. The van der Waals surface area contributed by atoms with Crippen LogP contribution < -0.4 is 0 Å². The molecule has 0 aliphatic rings. The van der Waals surface area contributed by atoms with Crippen molar-refractivity contribution in [1.29, 1.82) is 0 Å². The molecule has 0 heterocycles. The molecule has 0 fully saturated rings. The number of aliphatic carboxylic acids is 2. The predicted octanol–water partition coefficient (Wildman–Crippen LogP) is 2.86. The zero-order chi connectivity index (χ0) is 17.6. The first-order valence-electron chi connectivity index (χ1n) is 7.24. The van der Waals surface area contributed by atoms with E-state index in [1.54, 1.807) is 14.2 Å². The van der Waals surface area contributed by atoms with Gasteiger partial charge in [0.2, 0.25) is 0 Å². The summed E-state index contributed by atoms with van der Waals surface area (Å²) < 4.78 is 10.5. The maximum atomic E-state index is 11.5. The molecule has 22 heavy (non-hydrogen) atoms. The topological polar surface area (TPSA) is 93.1 Å². The molecule has 0 spiro atoms. The molecule has 0 unspecified atom stereocenters. The summed E-state index contributed by atoms with van der Waals surface area (Å²) in [6.45, 7) is 7.34. The van der Waals surface area contributed by atoms with Crippen LogP contribution in [0.2, 0.25) is 0 Å². The zero-order valence-electron chi connectivity index (χ0n) is 14.4. The van der Waals surface area contributed by atoms with E-state index in [9.17, 15) is 19.8 Å². The molecular weight excluding hydrogens is 288 g/mol. The van der Waals surface area contributed by atoms with E-state index in [0.717, 1.165) is 0 Å². The molecule has 0 saturated carbocycles. The van der Waals surface area contributed by atoms with E-state index in [2.05, 4.69) is 0 Å². The average Bonchev–Trinajstić information content (AvgIpc) is 2.41. The van der Waals surface area contributed by atoms with Crippen LogP contribution in [0.25, 0.3) is 0 Å². The Balaban J connectivity index is 5.31. The Labute approximate surface area is 132 Å². The summed E-state index contributed by atoms with van der Waals surface area (Å²) >= 11 is 0. The summed E-state index contributed by atoms with van der Waals surface area (Å²) in [5.74, 6) is -2.39. The SMILES string of the molecule is COC(C)(C)CCC(C(=O)O)=C(CCC(C)(C)OC)C(=O)O. The van der Waals surface area contributed by atoms with Crippen LogP contribution in [0, 0.1) is 0 Å². The predicted molar refractivity (Wildman–Crippen MR) is 82.9 cm³/mol. The van der Waals surface area contributed by atoms with Crippen molar-refractivity contribution in [2.75, 3.05) is 14.2 Å². The van der Waals surface area contributed by atoms with Gasteiger partial charge in [-0.15, -0.1) is 0 Å². The number of ether oxygens (including phenoxy) is 2. The second kappa shape index (κ2) is 8.29. The van der Waals surface area contributed by atoms with E-state index in [0.29, 0.717) is 12.8 Å². The van der Waals surface area contributed by atoms with E-state index >= 15 is 0 Å². The van der Waals surface area contributed by atoms with Crippen molar-refractivity contribution in [1.82, 2.24) is 0 Å². The van der Waals surface area contributed by atoms with Crippen LogP contribution in [-0.4, -0.2) is 47.6 Å². The Morgan fingerprint density at radius 3 is 1.23 bits per heavy atom. The van der Waals surface area contributed by atoms with Crippen LogP contribution in [0.5, 0.6) is 0 Å². The highest BCUT2D eigenvalue weighted by Crippen LogP contribution is 2.26. The minimum Gasteiger partial charge on any atom is -0.478 e. The molecule has 6 nitrogen and oxygen atoms in total. The van der Waals surface area contributed by atoms with Crippen molar-refractivity contribution in [3.8, 4) is 0 Å². The van der Waals surface area contributed by atoms with E-state index in [4.69, 9.17) is 9.47 Å². The van der Waals surface area contributed by atoms with Crippen LogP contribution in [0.15, 0.2) is 11.1 Å². The fraction of sp³-hybridized carbons (Fsp3) is 0.750. The Hall–Kier alpha value is -1.40. The summed E-state index contributed by atoms with van der Waals surface area (Å²) in [6, 6.07) is 0. The third-order valence-corrected chi connectivity index (χ3v) is 3.94. The fourth-order valence-electron chi connectivity index (χ4n) is 1.83. The second-order valence-electron chi connectivity index (χ2n) is 6.50. The number of methoxy groups -OCH3 is 2. The summed E-state index contributed by atoms with van der Waals surface area (Å²) in [5, 5.41) is 18.7. The van der Waals surface area contributed by atoms with Gasteiger partial charge in [0, 0.05) is 25.4 Å². The summed E-state index contributed by atoms with van der Waals surface area (Å²) in [6.07, 6.45) is 1.14. The molecule has 0 saturated heterocycles. The normalized spacial score (nSPS) is 13.7. The molecule has 0 aromatic rings. The number of carboxylic acid groups (broad SMARTS) is 2. The minimum absolute atomic E-state index is 0.0653. The third kappa shape index (κ3) is 7.04. The first-order chi connectivity index (χ1) is 9.95. The van der Waals surface area contributed by atoms with Gasteiger partial charge in [-0.3, -0.25) is 0 Å². The molecule has 0 aliphatic heterocycles. The van der Waals surface area contributed by atoms with Crippen LogP contribution in [0.4, 0.5) is 0 Å². The quantitative estimate of drug-likeness (QED) is 0.602. The highest BCUT2D eigenvalue weighted by Gasteiger charge is 2.26. The highest BCUT2D eigenvalue weighted by molar-refractivity contribution is 5.98. The van der Waals surface area contributed by atoms with Gasteiger partial charge in [0.05, 0.1) is 11.2 Å². The smallest absolute Gasteiger partial charge is 0.332 e. The van der Waals surface area contributed by atoms with Crippen molar-refractivity contribution in [2.24, 2.45) is 0 Å². The lowest BCUT2D eigenvalue weighted by Crippen LogP contribution is -2.25. The molecule has 0 aliphatic carbocycles. The molecule has 2 N–H and O–H groups in total. The number of carboxylic acids is 2. The molecule has 0 bridgehead atoms. The van der Waals surface area contributed by atoms with E-state index in [1.165, 1.54) is 0 Å². The molecule has 0 aromatic carbocycles. The molecule has 128 valence electrons. The minimum atomic E-state index is -1.19. The Kier molecular flexibility index (Phi) is 7.76. The van der Waals surface area contributed by atoms with E-state index in [1.807, 2.05) is 27.7 Å². The van der Waals surface area contributed by atoms with Gasteiger partial charge in [0.25, 0.3) is 0 Å². The molecule has 6 heteroatoms. The zero-order valence-corrected chi connectivity index (χ0v) is 14.4. The molecule has 0 rings (SSSR count). The Morgan fingerprint density at radius 1 is 0.773 bits per heavy atom. The largest absolute Gasteiger partial charge is 0.478 e. The second-order valence-corrected chi connectivity index (χ2v) is 6.50. The fourth-order valence-corrected chi connectivity index (χ4v) is 1.83. The maximum Gasteiger partial charge on any atom is 0.332 e. The summed E-state index contributed by atoms with van der Waals surface area (Å²) in [4.78, 5) is 22.9. The summed E-state index contributed by atoms with van der Waals surface area (Å²) in [5.41, 5.74) is -1.14. The van der Waals surface area contributed by atoms with Crippen LogP contribution in [0.1, 0.15) is 53.4 Å². The van der Waals surface area contributed by atoms with Gasteiger partial charge >= 0.3 is 11.9 Å². The van der Waals surface area contributed by atoms with Gasteiger partial charge in [-0.05, 0) is 53.4 Å². The van der Waals surface area contributed by atoms with Crippen molar-refractivity contribution in [2.45, 2.75) is 64.6 Å². The first kappa shape index (κ1) is 20.6. The molecule has 0 aromatic heterocycles. The highest BCUT2D eigenvalue weighted by atomic mass is 16.5. The lowest BCUT2D eigenvalue weighted by molar-refractivity contribution is -0.136. The van der Waals surface area contributed by atoms with Crippen molar-refractivity contribution in [3.05, 3.63) is 11.1 Å². The van der Waals surface area contributed by atoms with Gasteiger partial charge in [0.1, 0.15) is 0 Å². The maximum absolute atomic E-state index is 11.5. The Morgan fingerprint density at radius 2 is 1.05 bits per heavy atom. The lowest BCUT2D eigenvalue weighted by atomic mass is 9.91. The van der Waals surface area contributed by atoms with Crippen LogP contribution >= 0.6 is 0 Å². The van der Waals surface area contributed by atoms with Gasteiger partial charge in [0.15, 0.2) is 0 Å². The monoisotopic (exact) mass is 316 g/mol. The van der Waals surface area contributed by atoms with Crippen molar-refractivity contribution in [3.63, 3.8) is 0 Å². The lowest BCUT2D eigenvalue weighted by Gasteiger charge is -2.24. The number of rotatable bonds is 10. The molecule has 0 radical (unpaired) electrons. The summed E-state index contributed by atoms with van der Waals surface area (Å²) in [7, 11) is 3.09. The van der Waals surface area contributed by atoms with E-state index < -0.39 is 23.1 Å².